The standard InChI is InChI=1S/C18H22N6O3/c1-9(2)15(25)22-13-7-12(19-8-20-13)21-11-6-10(3)14-16(26)23-18(4,5)24(14)17(11)27/h6-9H,1-5H3,(H,23,26)(H2,19,20,21,22,25). The van der Waals surface area contributed by atoms with E-state index in [0.717, 1.165) is 0 Å². The molecule has 2 aromatic rings. The van der Waals surface area contributed by atoms with Gasteiger partial charge in [-0.05, 0) is 32.4 Å². The summed E-state index contributed by atoms with van der Waals surface area (Å²) >= 11 is 0. The number of nitrogens with one attached hydrogen (secondary N) is 3. The predicted octanol–water partition coefficient (Wildman–Crippen LogP) is 1.72. The van der Waals surface area contributed by atoms with Gasteiger partial charge in [0.25, 0.3) is 11.5 Å². The first kappa shape index (κ1) is 18.6. The number of nitrogens with zero attached hydrogens (tertiary/aromatic N) is 3. The number of hydrogen-bond acceptors (Lipinski definition) is 6. The maximum absolute atomic E-state index is 12.9. The number of pyridine rings is 1. The quantitative estimate of drug-likeness (QED) is 0.754. The normalized spacial score (nSPS) is 14.7. The van der Waals surface area contributed by atoms with E-state index >= 15 is 0 Å². The van der Waals surface area contributed by atoms with Gasteiger partial charge in [0, 0.05) is 12.0 Å². The molecule has 0 spiro atoms. The van der Waals surface area contributed by atoms with Crippen molar-refractivity contribution in [1.82, 2.24) is 19.9 Å². The van der Waals surface area contributed by atoms with Gasteiger partial charge in [-0.3, -0.25) is 19.0 Å². The molecular weight excluding hydrogens is 348 g/mol. The van der Waals surface area contributed by atoms with E-state index in [1.807, 2.05) is 0 Å². The van der Waals surface area contributed by atoms with E-state index in [4.69, 9.17) is 0 Å². The third kappa shape index (κ3) is 3.40. The van der Waals surface area contributed by atoms with Crippen LogP contribution in [0.2, 0.25) is 0 Å². The number of amides is 2. The molecular formula is C18H22N6O3. The molecule has 142 valence electrons. The van der Waals surface area contributed by atoms with Crippen molar-refractivity contribution in [3.63, 3.8) is 0 Å². The maximum atomic E-state index is 12.9. The second-order valence-corrected chi connectivity index (χ2v) is 7.30. The highest BCUT2D eigenvalue weighted by Gasteiger charge is 2.37. The zero-order chi connectivity index (χ0) is 19.9. The molecule has 3 rings (SSSR count). The van der Waals surface area contributed by atoms with Crippen LogP contribution in [0.25, 0.3) is 0 Å². The monoisotopic (exact) mass is 370 g/mol. The lowest BCUT2D eigenvalue weighted by Gasteiger charge is -2.22. The van der Waals surface area contributed by atoms with Crippen molar-refractivity contribution in [3.05, 3.63) is 40.1 Å². The zero-order valence-electron chi connectivity index (χ0n) is 15.9. The fourth-order valence-electron chi connectivity index (χ4n) is 2.94. The highest BCUT2D eigenvalue weighted by Crippen LogP contribution is 2.25. The Labute approximate surface area is 156 Å². The summed E-state index contributed by atoms with van der Waals surface area (Å²) in [7, 11) is 0. The highest BCUT2D eigenvalue weighted by molar-refractivity contribution is 5.97. The van der Waals surface area contributed by atoms with Crippen molar-refractivity contribution < 1.29 is 9.59 Å². The molecule has 0 fully saturated rings. The molecule has 3 N–H and O–H groups in total. The third-order valence-corrected chi connectivity index (χ3v) is 4.29. The Kier molecular flexibility index (Phi) is 4.46. The van der Waals surface area contributed by atoms with Crippen molar-refractivity contribution in [2.45, 2.75) is 40.3 Å². The minimum atomic E-state index is -0.825. The Morgan fingerprint density at radius 3 is 2.52 bits per heavy atom. The Morgan fingerprint density at radius 1 is 1.19 bits per heavy atom. The molecule has 2 amide bonds. The van der Waals surface area contributed by atoms with Gasteiger partial charge in [0.05, 0.1) is 0 Å². The lowest BCUT2D eigenvalue weighted by Crippen LogP contribution is -2.42. The summed E-state index contributed by atoms with van der Waals surface area (Å²) in [6.45, 7) is 8.85. The summed E-state index contributed by atoms with van der Waals surface area (Å²) in [6.07, 6.45) is 1.30. The van der Waals surface area contributed by atoms with Crippen LogP contribution in [-0.2, 0) is 10.5 Å². The third-order valence-electron chi connectivity index (χ3n) is 4.29. The van der Waals surface area contributed by atoms with Gasteiger partial charge in [0.15, 0.2) is 0 Å². The Balaban J connectivity index is 1.96. The van der Waals surface area contributed by atoms with Gasteiger partial charge in [0.2, 0.25) is 5.91 Å². The topological polar surface area (TPSA) is 118 Å². The summed E-state index contributed by atoms with van der Waals surface area (Å²) in [4.78, 5) is 45.0. The van der Waals surface area contributed by atoms with Crippen LogP contribution in [0, 0.1) is 12.8 Å². The number of fused-ring (bicyclic) bond motifs is 1. The van der Waals surface area contributed by atoms with Crippen LogP contribution in [0.4, 0.5) is 17.3 Å². The summed E-state index contributed by atoms with van der Waals surface area (Å²) < 4.78 is 1.44. The van der Waals surface area contributed by atoms with Gasteiger partial charge < -0.3 is 16.0 Å². The Bertz CT molecular complexity index is 993. The van der Waals surface area contributed by atoms with Gasteiger partial charge in [-0.25, -0.2) is 9.97 Å². The van der Waals surface area contributed by atoms with E-state index in [9.17, 15) is 14.4 Å². The van der Waals surface area contributed by atoms with Crippen molar-refractivity contribution in [2.75, 3.05) is 10.6 Å². The van der Waals surface area contributed by atoms with Crippen LogP contribution < -0.4 is 21.5 Å². The summed E-state index contributed by atoms with van der Waals surface area (Å²) in [5.41, 5.74) is 0.130. The molecule has 3 heterocycles. The van der Waals surface area contributed by atoms with E-state index in [1.165, 1.54) is 10.9 Å². The first-order valence-corrected chi connectivity index (χ1v) is 8.59. The molecule has 2 aromatic heterocycles. The molecule has 0 unspecified atom stereocenters. The molecule has 27 heavy (non-hydrogen) atoms. The second kappa shape index (κ2) is 6.49. The number of aryl methyl sites for hydroxylation is 1. The lowest BCUT2D eigenvalue weighted by atomic mass is 10.1. The summed E-state index contributed by atoms with van der Waals surface area (Å²) in [6, 6.07) is 3.16. The number of aromatic nitrogens is 3. The molecule has 0 saturated carbocycles. The number of carbonyl (C=O) groups is 2. The van der Waals surface area contributed by atoms with E-state index in [-0.39, 0.29) is 29.0 Å². The van der Waals surface area contributed by atoms with Crippen molar-refractivity contribution >= 4 is 29.1 Å². The summed E-state index contributed by atoms with van der Waals surface area (Å²) in [5, 5.41) is 8.45. The van der Waals surface area contributed by atoms with Crippen LogP contribution in [-0.4, -0.2) is 26.3 Å². The zero-order valence-corrected chi connectivity index (χ0v) is 15.9. The number of hydrogen-bond donors (Lipinski definition) is 3. The molecule has 0 aromatic carbocycles. The number of rotatable bonds is 4. The first-order chi connectivity index (χ1) is 12.6. The molecule has 1 aliphatic rings. The Hall–Kier alpha value is -3.23. The molecule has 0 bridgehead atoms. The van der Waals surface area contributed by atoms with Crippen LogP contribution in [0.5, 0.6) is 0 Å². The molecule has 0 aliphatic carbocycles. The van der Waals surface area contributed by atoms with E-state index < -0.39 is 5.66 Å². The van der Waals surface area contributed by atoms with Crippen LogP contribution in [0.15, 0.2) is 23.3 Å². The minimum absolute atomic E-state index is 0.167. The van der Waals surface area contributed by atoms with Gasteiger partial charge in [-0.2, -0.15) is 0 Å². The summed E-state index contributed by atoms with van der Waals surface area (Å²) in [5.74, 6) is 0.0616. The highest BCUT2D eigenvalue weighted by atomic mass is 16.2. The van der Waals surface area contributed by atoms with Crippen molar-refractivity contribution in [3.8, 4) is 0 Å². The van der Waals surface area contributed by atoms with Crippen molar-refractivity contribution in [1.29, 1.82) is 0 Å². The van der Waals surface area contributed by atoms with E-state index in [1.54, 1.807) is 46.8 Å². The molecule has 0 atom stereocenters. The Morgan fingerprint density at radius 2 is 1.85 bits per heavy atom. The van der Waals surface area contributed by atoms with Crippen LogP contribution in [0.3, 0.4) is 0 Å². The van der Waals surface area contributed by atoms with Gasteiger partial charge in [-0.15, -0.1) is 0 Å². The number of carbonyl (C=O) groups excluding carboxylic acids is 2. The van der Waals surface area contributed by atoms with E-state index in [2.05, 4.69) is 25.9 Å². The molecule has 0 radical (unpaired) electrons. The lowest BCUT2D eigenvalue weighted by molar-refractivity contribution is -0.118. The molecule has 9 nitrogen and oxygen atoms in total. The first-order valence-electron chi connectivity index (χ1n) is 8.59. The van der Waals surface area contributed by atoms with Gasteiger partial charge >= 0.3 is 0 Å². The second-order valence-electron chi connectivity index (χ2n) is 7.30. The van der Waals surface area contributed by atoms with Gasteiger partial charge in [0.1, 0.15) is 35.0 Å². The molecule has 1 aliphatic heterocycles. The maximum Gasteiger partial charge on any atom is 0.276 e. The predicted molar refractivity (Wildman–Crippen MR) is 101 cm³/mol. The number of anilines is 3. The van der Waals surface area contributed by atoms with Crippen LogP contribution >= 0.6 is 0 Å². The largest absolute Gasteiger partial charge is 0.336 e. The van der Waals surface area contributed by atoms with E-state index in [0.29, 0.717) is 22.9 Å². The SMILES string of the molecule is Cc1cc(Nc2cc(NC(=O)C(C)C)ncn2)c(=O)n2c1C(=O)NC2(C)C. The van der Waals surface area contributed by atoms with Crippen molar-refractivity contribution in [2.24, 2.45) is 5.92 Å². The average Bonchev–Trinajstić information content (AvgIpc) is 2.82. The fourth-order valence-corrected chi connectivity index (χ4v) is 2.94. The van der Waals surface area contributed by atoms with Crippen LogP contribution in [0.1, 0.15) is 43.7 Å². The minimum Gasteiger partial charge on any atom is -0.336 e. The average molecular weight is 370 g/mol. The fraction of sp³-hybridized carbons (Fsp3) is 0.389. The molecule has 0 saturated heterocycles. The van der Waals surface area contributed by atoms with Gasteiger partial charge in [-0.1, -0.05) is 13.8 Å². The smallest absolute Gasteiger partial charge is 0.276 e. The molecule has 9 heteroatoms.